The van der Waals surface area contributed by atoms with Gasteiger partial charge in [0.1, 0.15) is 0 Å². The van der Waals surface area contributed by atoms with Gasteiger partial charge in [0.25, 0.3) is 0 Å². The summed E-state index contributed by atoms with van der Waals surface area (Å²) < 4.78 is 0. The highest BCUT2D eigenvalue weighted by atomic mass is 16.4. The molecular weight excluding hydrogens is 208 g/mol. The molecule has 0 heterocycles. The van der Waals surface area contributed by atoms with Crippen LogP contribution in [-0.2, 0) is 9.59 Å². The van der Waals surface area contributed by atoms with E-state index in [0.29, 0.717) is 13.0 Å². The number of carbonyl (C=O) groups is 2. The lowest BCUT2D eigenvalue weighted by molar-refractivity contribution is -0.141. The predicted molar refractivity (Wildman–Crippen MR) is 60.7 cm³/mol. The highest BCUT2D eigenvalue weighted by molar-refractivity contribution is 5.79. The first-order valence-electron chi connectivity index (χ1n) is 5.25. The Morgan fingerprint density at radius 3 is 2.69 bits per heavy atom. The van der Waals surface area contributed by atoms with Crippen molar-refractivity contribution in [3.8, 4) is 12.3 Å². The van der Waals surface area contributed by atoms with E-state index in [0.717, 1.165) is 6.42 Å². The third-order valence-corrected chi connectivity index (χ3v) is 2.04. The van der Waals surface area contributed by atoms with Gasteiger partial charge < -0.3 is 10.4 Å². The fourth-order valence-electron chi connectivity index (χ4n) is 1.21. The smallest absolute Gasteiger partial charge is 0.308 e. The van der Waals surface area contributed by atoms with Crippen LogP contribution in [0, 0.1) is 18.3 Å². The quantitative estimate of drug-likeness (QED) is 0.396. The third-order valence-electron chi connectivity index (χ3n) is 2.04. The van der Waals surface area contributed by atoms with Gasteiger partial charge in [0.15, 0.2) is 0 Å². The van der Waals surface area contributed by atoms with Crippen molar-refractivity contribution in [3.63, 3.8) is 0 Å². The molecule has 0 spiro atoms. The molecule has 0 rings (SSSR count). The van der Waals surface area contributed by atoms with Crippen LogP contribution >= 0.6 is 0 Å². The van der Waals surface area contributed by atoms with Gasteiger partial charge in [0, 0.05) is 6.54 Å². The summed E-state index contributed by atoms with van der Waals surface area (Å²) in [6, 6.07) is 0. The van der Waals surface area contributed by atoms with Crippen LogP contribution in [0.15, 0.2) is 0 Å². The molecule has 1 atom stereocenters. The van der Waals surface area contributed by atoms with E-state index in [2.05, 4.69) is 16.6 Å². The summed E-state index contributed by atoms with van der Waals surface area (Å²) >= 11 is 0. The van der Waals surface area contributed by atoms with Gasteiger partial charge in [-0.05, 0) is 6.42 Å². The highest BCUT2D eigenvalue weighted by Crippen LogP contribution is 2.04. The Labute approximate surface area is 95.6 Å². The molecule has 5 nitrogen and oxygen atoms in total. The molecule has 3 N–H and O–H groups in total. The van der Waals surface area contributed by atoms with Crippen LogP contribution in [0.1, 0.15) is 19.8 Å². The summed E-state index contributed by atoms with van der Waals surface area (Å²) in [5.41, 5.74) is 0. The van der Waals surface area contributed by atoms with Gasteiger partial charge in [-0.3, -0.25) is 14.9 Å². The van der Waals surface area contributed by atoms with Crippen LogP contribution < -0.4 is 10.6 Å². The molecule has 0 aromatic carbocycles. The molecule has 1 amide bonds. The largest absolute Gasteiger partial charge is 0.481 e. The van der Waals surface area contributed by atoms with E-state index >= 15 is 0 Å². The first kappa shape index (κ1) is 14.5. The second-order valence-electron chi connectivity index (χ2n) is 3.44. The fourth-order valence-corrected chi connectivity index (χ4v) is 1.21. The van der Waals surface area contributed by atoms with Crippen molar-refractivity contribution < 1.29 is 14.7 Å². The number of hydrogen-bond donors (Lipinski definition) is 3. The number of nitrogens with one attached hydrogen (secondary N) is 2. The van der Waals surface area contributed by atoms with Crippen molar-refractivity contribution in [2.45, 2.75) is 19.8 Å². The van der Waals surface area contributed by atoms with E-state index in [-0.39, 0.29) is 19.0 Å². The molecule has 16 heavy (non-hydrogen) atoms. The molecule has 0 bridgehead atoms. The summed E-state index contributed by atoms with van der Waals surface area (Å²) in [6.45, 7) is 2.51. The standard InChI is InChI=1S/C11H18N2O3/c1-3-5-9(11(15)16)7-13-10(14)8-12-6-4-2/h2,9,12H,3,5-8H2,1H3,(H,13,14)(H,15,16). The Hall–Kier alpha value is -1.54. The summed E-state index contributed by atoms with van der Waals surface area (Å²) in [5.74, 6) is 0.714. The van der Waals surface area contributed by atoms with Crippen molar-refractivity contribution >= 4 is 11.9 Å². The fraction of sp³-hybridized carbons (Fsp3) is 0.636. The monoisotopic (exact) mass is 226 g/mol. The second kappa shape index (κ2) is 8.74. The first-order chi connectivity index (χ1) is 7.61. The Kier molecular flexibility index (Phi) is 7.90. The Morgan fingerprint density at radius 1 is 1.50 bits per heavy atom. The lowest BCUT2D eigenvalue weighted by Gasteiger charge is -2.12. The predicted octanol–water partition coefficient (Wildman–Crippen LogP) is -0.174. The van der Waals surface area contributed by atoms with Crippen LogP contribution in [-0.4, -0.2) is 36.6 Å². The Balaban J connectivity index is 3.79. The van der Waals surface area contributed by atoms with Gasteiger partial charge in [0.05, 0.1) is 19.0 Å². The van der Waals surface area contributed by atoms with Crippen molar-refractivity contribution in [1.82, 2.24) is 10.6 Å². The van der Waals surface area contributed by atoms with Gasteiger partial charge in [-0.25, -0.2) is 0 Å². The maximum atomic E-state index is 11.2. The SMILES string of the molecule is C#CCNCC(=O)NCC(CCC)C(=O)O. The van der Waals surface area contributed by atoms with Gasteiger partial charge in [0.2, 0.25) is 5.91 Å². The maximum Gasteiger partial charge on any atom is 0.308 e. The molecule has 0 aromatic heterocycles. The summed E-state index contributed by atoms with van der Waals surface area (Å²) in [4.78, 5) is 22.0. The zero-order valence-corrected chi connectivity index (χ0v) is 9.45. The zero-order chi connectivity index (χ0) is 12.4. The van der Waals surface area contributed by atoms with Gasteiger partial charge in [-0.2, -0.15) is 0 Å². The molecule has 0 aromatic rings. The lowest BCUT2D eigenvalue weighted by Crippen LogP contribution is -2.38. The first-order valence-corrected chi connectivity index (χ1v) is 5.25. The lowest BCUT2D eigenvalue weighted by atomic mass is 10.0. The Bertz CT molecular complexity index is 271. The van der Waals surface area contributed by atoms with Gasteiger partial charge >= 0.3 is 5.97 Å². The van der Waals surface area contributed by atoms with Crippen LogP contribution in [0.4, 0.5) is 0 Å². The number of amides is 1. The number of carboxylic acid groups (broad SMARTS) is 1. The van der Waals surface area contributed by atoms with Gasteiger partial charge in [-0.1, -0.05) is 19.3 Å². The molecule has 0 aliphatic rings. The number of carbonyl (C=O) groups excluding carboxylic acids is 1. The van der Waals surface area contributed by atoms with Crippen LogP contribution in [0.3, 0.4) is 0 Å². The van der Waals surface area contributed by atoms with Crippen molar-refractivity contribution in [2.24, 2.45) is 5.92 Å². The molecule has 0 fully saturated rings. The minimum atomic E-state index is -0.876. The Morgan fingerprint density at radius 2 is 2.19 bits per heavy atom. The topological polar surface area (TPSA) is 78.4 Å². The number of terminal acetylenes is 1. The minimum absolute atomic E-state index is 0.114. The summed E-state index contributed by atoms with van der Waals surface area (Å²) in [6.07, 6.45) is 6.34. The molecule has 0 saturated carbocycles. The molecule has 1 unspecified atom stereocenters. The van der Waals surface area contributed by atoms with Crippen LogP contribution in [0.25, 0.3) is 0 Å². The van der Waals surface area contributed by atoms with Crippen LogP contribution in [0.5, 0.6) is 0 Å². The van der Waals surface area contributed by atoms with E-state index in [4.69, 9.17) is 11.5 Å². The van der Waals surface area contributed by atoms with Crippen molar-refractivity contribution in [2.75, 3.05) is 19.6 Å². The number of carboxylic acids is 1. The molecular formula is C11H18N2O3. The van der Waals surface area contributed by atoms with Crippen LogP contribution in [0.2, 0.25) is 0 Å². The summed E-state index contributed by atoms with van der Waals surface area (Å²) in [5, 5.41) is 14.1. The average Bonchev–Trinajstić information content (AvgIpc) is 2.24. The van der Waals surface area contributed by atoms with Crippen molar-refractivity contribution in [3.05, 3.63) is 0 Å². The molecule has 0 aliphatic heterocycles. The van der Waals surface area contributed by atoms with E-state index in [1.54, 1.807) is 0 Å². The molecule has 5 heteroatoms. The number of hydrogen-bond acceptors (Lipinski definition) is 3. The minimum Gasteiger partial charge on any atom is -0.481 e. The van der Waals surface area contributed by atoms with Gasteiger partial charge in [-0.15, -0.1) is 6.42 Å². The molecule has 0 radical (unpaired) electrons. The van der Waals surface area contributed by atoms with E-state index < -0.39 is 11.9 Å². The van der Waals surface area contributed by atoms with Crippen molar-refractivity contribution in [1.29, 1.82) is 0 Å². The maximum absolute atomic E-state index is 11.2. The van der Waals surface area contributed by atoms with E-state index in [1.165, 1.54) is 0 Å². The second-order valence-corrected chi connectivity index (χ2v) is 3.44. The highest BCUT2D eigenvalue weighted by Gasteiger charge is 2.16. The average molecular weight is 226 g/mol. The zero-order valence-electron chi connectivity index (χ0n) is 9.45. The molecule has 0 aliphatic carbocycles. The van der Waals surface area contributed by atoms with E-state index in [9.17, 15) is 9.59 Å². The number of rotatable bonds is 8. The normalized spacial score (nSPS) is 11.5. The molecule has 90 valence electrons. The molecule has 0 saturated heterocycles. The number of aliphatic carboxylic acids is 1. The van der Waals surface area contributed by atoms with E-state index in [1.807, 2.05) is 6.92 Å². The summed E-state index contributed by atoms with van der Waals surface area (Å²) in [7, 11) is 0. The third kappa shape index (κ3) is 6.85.